The number of ketones is 1. The fraction of sp³-hybridized carbons (Fsp3) is 0.333. The molecule has 1 atom stereocenters. The van der Waals surface area contributed by atoms with E-state index >= 15 is 0 Å². The van der Waals surface area contributed by atoms with E-state index in [0.29, 0.717) is 29.2 Å². The van der Waals surface area contributed by atoms with Crippen LogP contribution in [0.25, 0.3) is 5.76 Å². The van der Waals surface area contributed by atoms with Crippen LogP contribution in [0.4, 0.5) is 0 Å². The van der Waals surface area contributed by atoms with Crippen LogP contribution in [-0.2, 0) is 14.3 Å². The summed E-state index contributed by atoms with van der Waals surface area (Å²) in [6.45, 7) is 4.72. The maximum absolute atomic E-state index is 13.0. The Hall–Kier alpha value is -3.32. The fourth-order valence-electron chi connectivity index (χ4n) is 3.64. The van der Waals surface area contributed by atoms with Crippen LogP contribution < -0.4 is 9.47 Å². The molecule has 7 heteroatoms. The van der Waals surface area contributed by atoms with Crippen LogP contribution in [-0.4, -0.2) is 55.7 Å². The number of hydrogen-bond donors (Lipinski definition) is 1. The number of likely N-dealkylation sites (tertiary alicyclic amines) is 1. The van der Waals surface area contributed by atoms with E-state index < -0.39 is 17.7 Å². The second kappa shape index (κ2) is 9.66. The summed E-state index contributed by atoms with van der Waals surface area (Å²) in [5, 5.41) is 11.0. The van der Waals surface area contributed by atoms with Gasteiger partial charge in [0.05, 0.1) is 31.9 Å². The van der Waals surface area contributed by atoms with E-state index in [0.717, 1.165) is 5.56 Å². The van der Waals surface area contributed by atoms with Gasteiger partial charge in [0.2, 0.25) is 0 Å². The smallest absolute Gasteiger partial charge is 0.295 e. The molecule has 1 aliphatic rings. The van der Waals surface area contributed by atoms with Gasteiger partial charge in [0, 0.05) is 19.2 Å². The molecule has 164 valence electrons. The van der Waals surface area contributed by atoms with E-state index in [1.54, 1.807) is 30.3 Å². The van der Waals surface area contributed by atoms with Gasteiger partial charge >= 0.3 is 0 Å². The Bertz CT molecular complexity index is 996. The van der Waals surface area contributed by atoms with Gasteiger partial charge in [-0.05, 0) is 31.5 Å². The van der Waals surface area contributed by atoms with Crippen LogP contribution in [0.3, 0.4) is 0 Å². The Labute approximate surface area is 181 Å². The number of carbonyl (C=O) groups is 2. The molecule has 0 aliphatic carbocycles. The molecule has 0 spiro atoms. The molecule has 3 rings (SSSR count). The van der Waals surface area contributed by atoms with Crippen molar-refractivity contribution < 1.29 is 28.9 Å². The fourth-order valence-corrected chi connectivity index (χ4v) is 3.64. The number of aryl methyl sites for hydroxylation is 1. The Kier molecular flexibility index (Phi) is 6.97. The minimum Gasteiger partial charge on any atom is -0.507 e. The molecule has 0 saturated carbocycles. The lowest BCUT2D eigenvalue weighted by Gasteiger charge is -2.25. The molecule has 1 N–H and O–H groups in total. The van der Waals surface area contributed by atoms with Crippen molar-refractivity contribution in [2.24, 2.45) is 0 Å². The highest BCUT2D eigenvalue weighted by Gasteiger charge is 2.46. The van der Waals surface area contributed by atoms with Crippen LogP contribution >= 0.6 is 0 Å². The number of methoxy groups -OCH3 is 2. The van der Waals surface area contributed by atoms with E-state index in [-0.39, 0.29) is 24.5 Å². The highest BCUT2D eigenvalue weighted by atomic mass is 16.5. The number of amides is 1. The topological polar surface area (TPSA) is 85.3 Å². The normalized spacial score (nSPS) is 17.8. The second-order valence-electron chi connectivity index (χ2n) is 7.19. The summed E-state index contributed by atoms with van der Waals surface area (Å²) >= 11 is 0. The minimum absolute atomic E-state index is 0.0381. The lowest BCUT2D eigenvalue weighted by molar-refractivity contribution is -0.140. The molecular weight excluding hydrogens is 398 g/mol. The number of aliphatic hydroxyl groups is 1. The number of nitrogens with zero attached hydrogens (tertiary/aromatic N) is 1. The van der Waals surface area contributed by atoms with Crippen molar-refractivity contribution in [3.05, 3.63) is 64.7 Å². The van der Waals surface area contributed by atoms with Gasteiger partial charge in [-0.15, -0.1) is 0 Å². The quantitative estimate of drug-likeness (QED) is 0.396. The predicted octanol–water partition coefficient (Wildman–Crippen LogP) is 3.47. The van der Waals surface area contributed by atoms with Crippen molar-refractivity contribution >= 4 is 17.4 Å². The highest BCUT2D eigenvalue weighted by Crippen LogP contribution is 2.41. The number of rotatable bonds is 8. The summed E-state index contributed by atoms with van der Waals surface area (Å²) in [4.78, 5) is 27.2. The van der Waals surface area contributed by atoms with Crippen molar-refractivity contribution in [2.75, 3.05) is 34.0 Å². The van der Waals surface area contributed by atoms with E-state index in [1.807, 2.05) is 26.0 Å². The van der Waals surface area contributed by atoms with Crippen molar-refractivity contribution in [1.82, 2.24) is 4.90 Å². The third-order valence-electron chi connectivity index (χ3n) is 5.20. The first-order chi connectivity index (χ1) is 14.9. The Morgan fingerprint density at radius 2 is 1.77 bits per heavy atom. The summed E-state index contributed by atoms with van der Waals surface area (Å²) in [5.74, 6) is -0.583. The van der Waals surface area contributed by atoms with E-state index in [1.165, 1.54) is 19.1 Å². The van der Waals surface area contributed by atoms with Crippen LogP contribution in [0.5, 0.6) is 11.5 Å². The molecule has 0 aromatic heterocycles. The van der Waals surface area contributed by atoms with E-state index in [4.69, 9.17) is 14.2 Å². The first-order valence-electron chi connectivity index (χ1n) is 10.1. The average Bonchev–Trinajstić information content (AvgIpc) is 3.03. The van der Waals surface area contributed by atoms with Gasteiger partial charge in [-0.2, -0.15) is 0 Å². The molecule has 1 heterocycles. The molecule has 1 fully saturated rings. The molecular formula is C24H27NO6. The maximum atomic E-state index is 13.0. The Balaban J connectivity index is 2.17. The summed E-state index contributed by atoms with van der Waals surface area (Å²) in [7, 11) is 3.05. The second-order valence-corrected chi connectivity index (χ2v) is 7.19. The Morgan fingerprint density at radius 1 is 1.06 bits per heavy atom. The summed E-state index contributed by atoms with van der Waals surface area (Å²) < 4.78 is 16.2. The monoisotopic (exact) mass is 425 g/mol. The molecule has 2 aromatic carbocycles. The van der Waals surface area contributed by atoms with Gasteiger partial charge < -0.3 is 24.2 Å². The summed E-state index contributed by atoms with van der Waals surface area (Å²) in [6, 6.07) is 11.6. The van der Waals surface area contributed by atoms with Gasteiger partial charge in [0.1, 0.15) is 5.76 Å². The number of carbonyl (C=O) groups excluding carboxylic acids is 2. The van der Waals surface area contributed by atoms with E-state index in [2.05, 4.69) is 0 Å². The van der Waals surface area contributed by atoms with Crippen molar-refractivity contribution in [1.29, 1.82) is 0 Å². The zero-order chi connectivity index (χ0) is 22.5. The largest absolute Gasteiger partial charge is 0.507 e. The standard InChI is InChI=1S/C24H27NO6/c1-5-31-18-11-10-17(14-19(18)30-4)21-20(22(26)16-8-6-15(2)7-9-16)23(27)24(28)25(21)12-13-29-3/h6-11,14,21,26H,5,12-13H2,1-4H3/b22-20-. The number of ether oxygens (including phenoxy) is 3. The molecule has 2 aromatic rings. The van der Waals surface area contributed by atoms with Gasteiger partial charge in [-0.1, -0.05) is 35.9 Å². The summed E-state index contributed by atoms with van der Waals surface area (Å²) in [6.07, 6.45) is 0. The zero-order valence-electron chi connectivity index (χ0n) is 18.2. The van der Waals surface area contributed by atoms with Gasteiger partial charge in [-0.25, -0.2) is 0 Å². The third kappa shape index (κ3) is 4.41. The number of benzene rings is 2. The molecule has 7 nitrogen and oxygen atoms in total. The van der Waals surface area contributed by atoms with Crippen LogP contribution in [0.1, 0.15) is 29.7 Å². The lowest BCUT2D eigenvalue weighted by atomic mass is 9.94. The number of Topliss-reactive ketones (excluding diaryl/α,β-unsaturated/α-hetero) is 1. The van der Waals surface area contributed by atoms with Gasteiger partial charge in [0.25, 0.3) is 11.7 Å². The lowest BCUT2D eigenvalue weighted by Crippen LogP contribution is -2.32. The molecule has 1 aliphatic heterocycles. The van der Waals surface area contributed by atoms with Crippen molar-refractivity contribution in [3.8, 4) is 11.5 Å². The van der Waals surface area contributed by atoms with Crippen LogP contribution in [0.15, 0.2) is 48.0 Å². The Morgan fingerprint density at radius 3 is 2.39 bits per heavy atom. The zero-order valence-corrected chi connectivity index (χ0v) is 18.2. The number of aliphatic hydroxyl groups excluding tert-OH is 1. The molecule has 0 radical (unpaired) electrons. The molecule has 0 bridgehead atoms. The first-order valence-corrected chi connectivity index (χ1v) is 10.1. The number of hydrogen-bond acceptors (Lipinski definition) is 6. The molecule has 1 amide bonds. The van der Waals surface area contributed by atoms with Crippen molar-refractivity contribution in [3.63, 3.8) is 0 Å². The van der Waals surface area contributed by atoms with Gasteiger partial charge in [0.15, 0.2) is 11.5 Å². The van der Waals surface area contributed by atoms with Crippen molar-refractivity contribution in [2.45, 2.75) is 19.9 Å². The SMILES string of the molecule is CCOc1ccc(C2/C(=C(/O)c3ccc(C)cc3)C(=O)C(=O)N2CCOC)cc1OC. The maximum Gasteiger partial charge on any atom is 0.295 e. The first kappa shape index (κ1) is 22.4. The van der Waals surface area contributed by atoms with Crippen LogP contribution in [0.2, 0.25) is 0 Å². The molecule has 1 unspecified atom stereocenters. The molecule has 31 heavy (non-hydrogen) atoms. The average molecular weight is 425 g/mol. The summed E-state index contributed by atoms with van der Waals surface area (Å²) in [5.41, 5.74) is 2.16. The third-order valence-corrected chi connectivity index (χ3v) is 5.20. The minimum atomic E-state index is -0.777. The van der Waals surface area contributed by atoms with E-state index in [9.17, 15) is 14.7 Å². The predicted molar refractivity (Wildman–Crippen MR) is 116 cm³/mol. The van der Waals surface area contributed by atoms with Crippen LogP contribution in [0, 0.1) is 6.92 Å². The van der Waals surface area contributed by atoms with Gasteiger partial charge in [-0.3, -0.25) is 9.59 Å². The highest BCUT2D eigenvalue weighted by molar-refractivity contribution is 6.46. The molecule has 1 saturated heterocycles.